The Morgan fingerprint density at radius 3 is 2.83 bits per heavy atom. The van der Waals surface area contributed by atoms with Gasteiger partial charge in [0.1, 0.15) is 12.4 Å². The summed E-state index contributed by atoms with van der Waals surface area (Å²) >= 11 is 0. The Morgan fingerprint density at radius 1 is 1.38 bits per heavy atom. The summed E-state index contributed by atoms with van der Waals surface area (Å²) in [6.45, 7) is 3.26. The standard InChI is InChI=1S/C16H18N2O6/c1-3-22-15(20)14-10(2)17-16(21)18-12(14)9-24-13(19)7-6-11-5-4-8-23-11/h4-8,10H,3,9H2,1-2H3,(H2,17,18,21)/b7-6+/t10-/m0/s1. The minimum Gasteiger partial charge on any atom is -0.465 e. The van der Waals surface area contributed by atoms with Crippen molar-refractivity contribution in [2.24, 2.45) is 0 Å². The van der Waals surface area contributed by atoms with E-state index in [1.165, 1.54) is 18.4 Å². The van der Waals surface area contributed by atoms with Crippen LogP contribution < -0.4 is 10.6 Å². The molecule has 1 atom stereocenters. The molecule has 0 aromatic carbocycles. The van der Waals surface area contributed by atoms with Gasteiger partial charge in [0.25, 0.3) is 0 Å². The molecule has 1 aromatic rings. The third-order valence-electron chi connectivity index (χ3n) is 3.15. The largest absolute Gasteiger partial charge is 0.465 e. The van der Waals surface area contributed by atoms with E-state index in [0.29, 0.717) is 5.76 Å². The zero-order valence-corrected chi connectivity index (χ0v) is 13.3. The first-order chi connectivity index (χ1) is 11.5. The summed E-state index contributed by atoms with van der Waals surface area (Å²) in [7, 11) is 0. The van der Waals surface area contributed by atoms with Crippen molar-refractivity contribution in [2.75, 3.05) is 13.2 Å². The van der Waals surface area contributed by atoms with Crippen LogP contribution in [-0.4, -0.2) is 37.2 Å². The Bertz CT molecular complexity index is 675. The van der Waals surface area contributed by atoms with Crippen molar-refractivity contribution in [1.29, 1.82) is 0 Å². The lowest BCUT2D eigenvalue weighted by Gasteiger charge is -2.26. The number of carbonyl (C=O) groups is 3. The number of esters is 2. The van der Waals surface area contributed by atoms with Gasteiger partial charge in [-0.25, -0.2) is 14.4 Å². The molecule has 2 amide bonds. The van der Waals surface area contributed by atoms with Gasteiger partial charge in [-0.1, -0.05) is 0 Å². The highest BCUT2D eigenvalue weighted by atomic mass is 16.5. The molecule has 0 saturated heterocycles. The molecule has 0 unspecified atom stereocenters. The van der Waals surface area contributed by atoms with E-state index in [-0.39, 0.29) is 24.5 Å². The molecular formula is C16H18N2O6. The van der Waals surface area contributed by atoms with Gasteiger partial charge in [0, 0.05) is 6.08 Å². The quantitative estimate of drug-likeness (QED) is 0.601. The lowest BCUT2D eigenvalue weighted by atomic mass is 10.0. The highest BCUT2D eigenvalue weighted by molar-refractivity contribution is 5.95. The summed E-state index contributed by atoms with van der Waals surface area (Å²) in [5.74, 6) is -0.709. The highest BCUT2D eigenvalue weighted by Crippen LogP contribution is 2.14. The number of nitrogens with one attached hydrogen (secondary N) is 2. The fraction of sp³-hybridized carbons (Fsp3) is 0.312. The number of urea groups is 1. The molecule has 128 valence electrons. The number of ether oxygens (including phenoxy) is 2. The van der Waals surface area contributed by atoms with Crippen molar-refractivity contribution in [3.63, 3.8) is 0 Å². The van der Waals surface area contributed by atoms with Gasteiger partial charge in [-0.15, -0.1) is 0 Å². The molecule has 0 radical (unpaired) electrons. The van der Waals surface area contributed by atoms with Crippen LogP contribution >= 0.6 is 0 Å². The van der Waals surface area contributed by atoms with Crippen molar-refractivity contribution in [2.45, 2.75) is 19.9 Å². The zero-order chi connectivity index (χ0) is 17.5. The summed E-state index contributed by atoms with van der Waals surface area (Å²) in [5.41, 5.74) is 0.420. The van der Waals surface area contributed by atoms with Crippen molar-refractivity contribution in [3.05, 3.63) is 41.5 Å². The van der Waals surface area contributed by atoms with E-state index in [4.69, 9.17) is 13.9 Å². The summed E-state index contributed by atoms with van der Waals surface area (Å²) in [6.07, 6.45) is 4.12. The fourth-order valence-corrected chi connectivity index (χ4v) is 2.12. The van der Waals surface area contributed by atoms with Crippen LogP contribution in [0.4, 0.5) is 4.79 Å². The molecule has 8 nitrogen and oxygen atoms in total. The number of amides is 2. The molecule has 8 heteroatoms. The van der Waals surface area contributed by atoms with E-state index >= 15 is 0 Å². The van der Waals surface area contributed by atoms with Gasteiger partial charge in [0.15, 0.2) is 0 Å². The van der Waals surface area contributed by atoms with Gasteiger partial charge in [0.05, 0.1) is 30.2 Å². The predicted molar refractivity (Wildman–Crippen MR) is 83.5 cm³/mol. The van der Waals surface area contributed by atoms with Gasteiger partial charge in [-0.3, -0.25) is 0 Å². The normalized spacial score (nSPS) is 17.4. The molecular weight excluding hydrogens is 316 g/mol. The van der Waals surface area contributed by atoms with Crippen molar-refractivity contribution in [1.82, 2.24) is 10.6 Å². The molecule has 24 heavy (non-hydrogen) atoms. The minimum absolute atomic E-state index is 0.196. The van der Waals surface area contributed by atoms with E-state index < -0.39 is 24.0 Å². The molecule has 2 heterocycles. The maximum atomic E-state index is 12.0. The monoisotopic (exact) mass is 334 g/mol. The van der Waals surface area contributed by atoms with Crippen LogP contribution in [0.5, 0.6) is 0 Å². The maximum absolute atomic E-state index is 12.0. The number of carbonyl (C=O) groups excluding carboxylic acids is 3. The molecule has 0 saturated carbocycles. The second-order valence-electron chi connectivity index (χ2n) is 4.89. The number of hydrogen-bond acceptors (Lipinski definition) is 6. The van der Waals surface area contributed by atoms with E-state index in [2.05, 4.69) is 10.6 Å². The van der Waals surface area contributed by atoms with Gasteiger partial charge in [-0.05, 0) is 32.1 Å². The van der Waals surface area contributed by atoms with E-state index in [1.807, 2.05) is 0 Å². The first-order valence-electron chi connectivity index (χ1n) is 7.37. The van der Waals surface area contributed by atoms with Gasteiger partial charge >= 0.3 is 18.0 Å². The molecule has 0 aliphatic carbocycles. The second-order valence-corrected chi connectivity index (χ2v) is 4.89. The van der Waals surface area contributed by atoms with Gasteiger partial charge < -0.3 is 24.5 Å². The van der Waals surface area contributed by atoms with Crippen molar-refractivity contribution >= 4 is 24.0 Å². The van der Waals surface area contributed by atoms with E-state index in [9.17, 15) is 14.4 Å². The molecule has 1 aliphatic rings. The van der Waals surface area contributed by atoms with Crippen LogP contribution in [0.25, 0.3) is 6.08 Å². The first-order valence-corrected chi connectivity index (χ1v) is 7.37. The van der Waals surface area contributed by atoms with Crippen LogP contribution in [0.1, 0.15) is 19.6 Å². The SMILES string of the molecule is CCOC(=O)C1=C(COC(=O)/C=C/c2ccco2)NC(=O)N[C@H]1C. The molecule has 1 aliphatic heterocycles. The maximum Gasteiger partial charge on any atom is 0.338 e. The third-order valence-corrected chi connectivity index (χ3v) is 3.15. The predicted octanol–water partition coefficient (Wildman–Crippen LogP) is 1.35. The number of rotatable bonds is 6. The molecule has 0 fully saturated rings. The van der Waals surface area contributed by atoms with Crippen molar-refractivity contribution < 1.29 is 28.3 Å². The van der Waals surface area contributed by atoms with Gasteiger partial charge in [-0.2, -0.15) is 0 Å². The van der Waals surface area contributed by atoms with Crippen LogP contribution in [0, 0.1) is 0 Å². The Kier molecular flexibility index (Phi) is 5.78. The lowest BCUT2D eigenvalue weighted by molar-refractivity contribution is -0.140. The summed E-state index contributed by atoms with van der Waals surface area (Å²) in [6, 6.07) is 2.34. The highest BCUT2D eigenvalue weighted by Gasteiger charge is 2.30. The minimum atomic E-state index is -0.637. The average Bonchev–Trinajstić information content (AvgIpc) is 3.03. The fourth-order valence-electron chi connectivity index (χ4n) is 2.12. The van der Waals surface area contributed by atoms with Gasteiger partial charge in [0.2, 0.25) is 0 Å². The zero-order valence-electron chi connectivity index (χ0n) is 13.3. The van der Waals surface area contributed by atoms with Crippen LogP contribution in [0.15, 0.2) is 40.2 Å². The Labute approximate surface area is 138 Å². The Hall–Kier alpha value is -3.03. The molecule has 2 rings (SSSR count). The Balaban J connectivity index is 2.05. The summed E-state index contributed by atoms with van der Waals surface area (Å²) in [4.78, 5) is 35.3. The lowest BCUT2D eigenvalue weighted by Crippen LogP contribution is -2.50. The van der Waals surface area contributed by atoms with Crippen LogP contribution in [0.3, 0.4) is 0 Å². The molecule has 2 N–H and O–H groups in total. The first kappa shape index (κ1) is 17.3. The number of furan rings is 1. The van der Waals surface area contributed by atoms with Crippen LogP contribution in [0.2, 0.25) is 0 Å². The molecule has 1 aromatic heterocycles. The average molecular weight is 334 g/mol. The van der Waals surface area contributed by atoms with Crippen molar-refractivity contribution in [3.8, 4) is 0 Å². The van der Waals surface area contributed by atoms with E-state index in [1.54, 1.807) is 26.0 Å². The topological polar surface area (TPSA) is 107 Å². The molecule has 0 spiro atoms. The van der Waals surface area contributed by atoms with Crippen LogP contribution in [-0.2, 0) is 19.1 Å². The van der Waals surface area contributed by atoms with E-state index in [0.717, 1.165) is 0 Å². The summed E-state index contributed by atoms with van der Waals surface area (Å²) in [5, 5.41) is 5.02. The smallest absolute Gasteiger partial charge is 0.338 e. The Morgan fingerprint density at radius 2 is 2.17 bits per heavy atom. The second kappa shape index (κ2) is 8.00. The third kappa shape index (κ3) is 4.48. The number of hydrogen-bond donors (Lipinski definition) is 2. The summed E-state index contributed by atoms with van der Waals surface area (Å²) < 4.78 is 15.1. The molecule has 0 bridgehead atoms.